The van der Waals surface area contributed by atoms with Gasteiger partial charge in [-0.1, -0.05) is 13.8 Å². The van der Waals surface area contributed by atoms with Crippen LogP contribution in [0.15, 0.2) is 6.33 Å². The lowest BCUT2D eigenvalue weighted by molar-refractivity contribution is -0.383. The van der Waals surface area contributed by atoms with E-state index in [-0.39, 0.29) is 17.6 Å². The Bertz CT molecular complexity index is 507. The minimum atomic E-state index is -0.778. The molecule has 1 rings (SSSR count). The molecule has 0 aliphatic heterocycles. The van der Waals surface area contributed by atoms with Crippen molar-refractivity contribution < 1.29 is 14.5 Å². The van der Waals surface area contributed by atoms with Gasteiger partial charge in [0.2, 0.25) is 11.6 Å². The van der Waals surface area contributed by atoms with Crippen LogP contribution in [0.2, 0.25) is 0 Å². The fraction of sp³-hybridized carbons (Fsp3) is 0.500. The van der Waals surface area contributed by atoms with Crippen molar-refractivity contribution in [3.63, 3.8) is 0 Å². The molecule has 0 aliphatic carbocycles. The SMILES string of the molecule is COC(=O)C(Nc1ncnc(NN)c1[N+](=O)[O-])C(C)C. The summed E-state index contributed by atoms with van der Waals surface area (Å²) in [5.74, 6) is 4.20. The van der Waals surface area contributed by atoms with Gasteiger partial charge in [-0.05, 0) is 5.92 Å². The molecule has 0 saturated heterocycles. The van der Waals surface area contributed by atoms with Crippen LogP contribution in [-0.2, 0) is 9.53 Å². The third kappa shape index (κ3) is 3.29. The van der Waals surface area contributed by atoms with E-state index in [1.54, 1.807) is 13.8 Å². The minimum Gasteiger partial charge on any atom is -0.467 e. The molecule has 0 amide bonds. The first-order chi connectivity index (χ1) is 9.42. The van der Waals surface area contributed by atoms with Gasteiger partial charge >= 0.3 is 11.7 Å². The number of rotatable bonds is 6. The fourth-order valence-corrected chi connectivity index (χ4v) is 1.53. The van der Waals surface area contributed by atoms with Crippen molar-refractivity contribution in [1.29, 1.82) is 0 Å². The van der Waals surface area contributed by atoms with E-state index >= 15 is 0 Å². The molecular formula is C10H16N6O4. The summed E-state index contributed by atoms with van der Waals surface area (Å²) in [5.41, 5.74) is 1.67. The monoisotopic (exact) mass is 284 g/mol. The smallest absolute Gasteiger partial charge is 0.354 e. The Kier molecular flexibility index (Phi) is 5.15. The fourth-order valence-electron chi connectivity index (χ4n) is 1.53. The van der Waals surface area contributed by atoms with E-state index in [2.05, 4.69) is 25.4 Å². The van der Waals surface area contributed by atoms with Crippen molar-refractivity contribution >= 4 is 23.3 Å². The summed E-state index contributed by atoms with van der Waals surface area (Å²) in [6, 6.07) is -0.778. The molecular weight excluding hydrogens is 268 g/mol. The predicted octanol–water partition coefficient (Wildman–Crippen LogP) is 0.280. The highest BCUT2D eigenvalue weighted by molar-refractivity contribution is 5.81. The number of hydrogen-bond donors (Lipinski definition) is 3. The zero-order valence-corrected chi connectivity index (χ0v) is 11.3. The number of nitrogens with two attached hydrogens (primary N) is 1. The van der Waals surface area contributed by atoms with Crippen molar-refractivity contribution in [2.24, 2.45) is 11.8 Å². The summed E-state index contributed by atoms with van der Waals surface area (Å²) in [5, 5.41) is 13.8. The van der Waals surface area contributed by atoms with E-state index in [1.165, 1.54) is 7.11 Å². The van der Waals surface area contributed by atoms with Gasteiger partial charge in [-0.2, -0.15) is 0 Å². The highest BCUT2D eigenvalue weighted by atomic mass is 16.6. The van der Waals surface area contributed by atoms with E-state index in [0.29, 0.717) is 0 Å². The largest absolute Gasteiger partial charge is 0.467 e. The maximum Gasteiger partial charge on any atom is 0.354 e. The first kappa shape index (κ1) is 15.6. The summed E-state index contributed by atoms with van der Waals surface area (Å²) in [4.78, 5) is 29.5. The number of nitrogens with zero attached hydrogens (tertiary/aromatic N) is 3. The number of nitrogens with one attached hydrogen (secondary N) is 2. The van der Waals surface area contributed by atoms with Gasteiger partial charge in [-0.25, -0.2) is 20.6 Å². The molecule has 0 aromatic carbocycles. The Morgan fingerprint density at radius 1 is 1.45 bits per heavy atom. The van der Waals surface area contributed by atoms with Gasteiger partial charge in [0.15, 0.2) is 0 Å². The Hall–Kier alpha value is -2.49. The molecule has 10 nitrogen and oxygen atoms in total. The van der Waals surface area contributed by atoms with Crippen LogP contribution in [0.25, 0.3) is 0 Å². The van der Waals surface area contributed by atoms with Crippen LogP contribution in [0.1, 0.15) is 13.8 Å². The number of nitro groups is 1. The van der Waals surface area contributed by atoms with Crippen LogP contribution in [0.5, 0.6) is 0 Å². The number of carbonyl (C=O) groups excluding carboxylic acids is 1. The first-order valence-corrected chi connectivity index (χ1v) is 5.72. The molecule has 1 atom stereocenters. The predicted molar refractivity (Wildman–Crippen MR) is 70.8 cm³/mol. The number of ether oxygens (including phenoxy) is 1. The van der Waals surface area contributed by atoms with Crippen molar-refractivity contribution in [2.45, 2.75) is 19.9 Å². The summed E-state index contributed by atoms with van der Waals surface area (Å²) >= 11 is 0. The first-order valence-electron chi connectivity index (χ1n) is 5.72. The molecule has 0 radical (unpaired) electrons. The number of anilines is 2. The van der Waals surface area contributed by atoms with E-state index < -0.39 is 22.6 Å². The summed E-state index contributed by atoms with van der Waals surface area (Å²) in [7, 11) is 1.24. The average Bonchev–Trinajstić information content (AvgIpc) is 2.42. The molecule has 0 aliphatic rings. The summed E-state index contributed by atoms with van der Waals surface area (Å²) < 4.78 is 4.65. The molecule has 20 heavy (non-hydrogen) atoms. The second kappa shape index (κ2) is 6.61. The zero-order chi connectivity index (χ0) is 15.3. The average molecular weight is 284 g/mol. The lowest BCUT2D eigenvalue weighted by Crippen LogP contribution is -2.36. The number of esters is 1. The number of hydrazine groups is 1. The quantitative estimate of drug-likeness (QED) is 0.290. The number of aromatic nitrogens is 2. The van der Waals surface area contributed by atoms with E-state index in [9.17, 15) is 14.9 Å². The van der Waals surface area contributed by atoms with Crippen molar-refractivity contribution in [3.8, 4) is 0 Å². The lowest BCUT2D eigenvalue weighted by atomic mass is 10.0. The standard InChI is InChI=1S/C10H16N6O4/c1-5(2)6(10(17)20-3)14-8-7(16(18)19)9(15-11)13-4-12-8/h4-6H,11H2,1-3H3,(H2,12,13,14,15). The van der Waals surface area contributed by atoms with Crippen LogP contribution in [0, 0.1) is 16.0 Å². The van der Waals surface area contributed by atoms with Crippen LogP contribution in [0.4, 0.5) is 17.3 Å². The third-order valence-electron chi connectivity index (χ3n) is 2.56. The van der Waals surface area contributed by atoms with Crippen LogP contribution in [-0.4, -0.2) is 34.0 Å². The van der Waals surface area contributed by atoms with Crippen LogP contribution >= 0.6 is 0 Å². The normalized spacial score (nSPS) is 11.8. The Balaban J connectivity index is 3.19. The molecule has 10 heteroatoms. The van der Waals surface area contributed by atoms with Crippen molar-refractivity contribution in [2.75, 3.05) is 17.9 Å². The topological polar surface area (TPSA) is 145 Å². The van der Waals surface area contributed by atoms with Crippen LogP contribution < -0.4 is 16.6 Å². The number of carbonyl (C=O) groups is 1. The van der Waals surface area contributed by atoms with Gasteiger partial charge in [-0.15, -0.1) is 0 Å². The minimum absolute atomic E-state index is 0.109. The van der Waals surface area contributed by atoms with Crippen molar-refractivity contribution in [1.82, 2.24) is 9.97 Å². The molecule has 0 saturated carbocycles. The second-order valence-corrected chi connectivity index (χ2v) is 4.21. The molecule has 0 spiro atoms. The van der Waals surface area contributed by atoms with Crippen LogP contribution in [0.3, 0.4) is 0 Å². The summed E-state index contributed by atoms with van der Waals surface area (Å²) in [6.07, 6.45) is 1.10. The highest BCUT2D eigenvalue weighted by Gasteiger charge is 2.29. The molecule has 1 unspecified atom stereocenters. The van der Waals surface area contributed by atoms with Gasteiger partial charge in [0.05, 0.1) is 12.0 Å². The molecule has 4 N–H and O–H groups in total. The number of nitrogen functional groups attached to an aromatic ring is 1. The molecule has 1 heterocycles. The van der Waals surface area contributed by atoms with Crippen molar-refractivity contribution in [3.05, 3.63) is 16.4 Å². The second-order valence-electron chi connectivity index (χ2n) is 4.21. The Morgan fingerprint density at radius 3 is 2.50 bits per heavy atom. The van der Waals surface area contributed by atoms with Gasteiger partial charge in [-0.3, -0.25) is 10.1 Å². The van der Waals surface area contributed by atoms with E-state index in [0.717, 1.165) is 6.33 Å². The third-order valence-corrected chi connectivity index (χ3v) is 2.56. The molecule has 1 aromatic rings. The molecule has 0 bridgehead atoms. The highest BCUT2D eigenvalue weighted by Crippen LogP contribution is 2.29. The van der Waals surface area contributed by atoms with E-state index in [4.69, 9.17) is 5.84 Å². The maximum absolute atomic E-state index is 11.7. The lowest BCUT2D eigenvalue weighted by Gasteiger charge is -2.20. The Labute approximate surface area is 114 Å². The molecule has 0 fully saturated rings. The Morgan fingerprint density at radius 2 is 2.05 bits per heavy atom. The number of hydrogen-bond acceptors (Lipinski definition) is 9. The van der Waals surface area contributed by atoms with Gasteiger partial charge in [0, 0.05) is 0 Å². The number of methoxy groups -OCH3 is 1. The summed E-state index contributed by atoms with van der Waals surface area (Å²) in [6.45, 7) is 3.54. The van der Waals surface area contributed by atoms with E-state index in [1.807, 2.05) is 0 Å². The van der Waals surface area contributed by atoms with Gasteiger partial charge in [0.25, 0.3) is 0 Å². The molecule has 110 valence electrons. The zero-order valence-electron chi connectivity index (χ0n) is 11.3. The van der Waals surface area contributed by atoms with Gasteiger partial charge in [0.1, 0.15) is 12.4 Å². The molecule has 1 aromatic heterocycles. The maximum atomic E-state index is 11.7. The van der Waals surface area contributed by atoms with Gasteiger partial charge < -0.3 is 15.5 Å².